The van der Waals surface area contributed by atoms with Gasteiger partial charge in [-0.15, -0.1) is 11.8 Å². The minimum absolute atomic E-state index is 0.0672. The minimum atomic E-state index is -4.12. The molecule has 0 heterocycles. The van der Waals surface area contributed by atoms with Gasteiger partial charge < -0.3 is 5.32 Å². The molecule has 20 heavy (non-hydrogen) atoms. The number of nitrogens with one attached hydrogen (secondary N) is 1. The van der Waals surface area contributed by atoms with Crippen LogP contribution in [0.25, 0.3) is 0 Å². The van der Waals surface area contributed by atoms with E-state index in [-0.39, 0.29) is 18.3 Å². The second-order valence-corrected chi connectivity index (χ2v) is 5.66. The van der Waals surface area contributed by atoms with Crippen LogP contribution >= 0.6 is 11.8 Å². The van der Waals surface area contributed by atoms with Crippen LogP contribution in [0.3, 0.4) is 0 Å². The molecular formula is C14H19F4NS. The summed E-state index contributed by atoms with van der Waals surface area (Å²) in [4.78, 5) is 0.863. The maximum absolute atomic E-state index is 12.8. The average molecular weight is 309 g/mol. The van der Waals surface area contributed by atoms with Crippen LogP contribution in [0.2, 0.25) is 0 Å². The van der Waals surface area contributed by atoms with Crippen molar-refractivity contribution in [3.05, 3.63) is 30.1 Å². The van der Waals surface area contributed by atoms with Gasteiger partial charge in [0.15, 0.2) is 0 Å². The van der Waals surface area contributed by atoms with Crippen molar-refractivity contribution in [1.82, 2.24) is 5.32 Å². The summed E-state index contributed by atoms with van der Waals surface area (Å²) in [6.07, 6.45) is -3.95. The second-order valence-electron chi connectivity index (χ2n) is 4.57. The Morgan fingerprint density at radius 3 is 2.40 bits per heavy atom. The molecule has 1 rings (SSSR count). The standard InChI is InChI=1S/C14H19F4NS/c1-2-9-19-12(7-8-14(16,17)18)10-20-13-5-3-11(15)4-6-13/h3-6,12,19H,2,7-10H2,1H3. The van der Waals surface area contributed by atoms with E-state index in [4.69, 9.17) is 0 Å². The molecule has 0 amide bonds. The fourth-order valence-electron chi connectivity index (χ4n) is 1.66. The van der Waals surface area contributed by atoms with E-state index in [0.717, 1.165) is 11.3 Å². The number of hydrogen-bond donors (Lipinski definition) is 1. The number of benzene rings is 1. The van der Waals surface area contributed by atoms with Gasteiger partial charge in [-0.2, -0.15) is 13.2 Å². The van der Waals surface area contributed by atoms with Gasteiger partial charge in [0, 0.05) is 23.1 Å². The zero-order chi connectivity index (χ0) is 15.0. The number of halogens is 4. The maximum Gasteiger partial charge on any atom is 0.389 e. The molecule has 114 valence electrons. The molecule has 0 aliphatic rings. The Hall–Kier alpha value is -0.750. The first-order valence-electron chi connectivity index (χ1n) is 6.59. The van der Waals surface area contributed by atoms with Crippen molar-refractivity contribution in [3.8, 4) is 0 Å². The van der Waals surface area contributed by atoms with Gasteiger partial charge in [0.25, 0.3) is 0 Å². The Kier molecular flexibility index (Phi) is 7.37. The van der Waals surface area contributed by atoms with Crippen molar-refractivity contribution < 1.29 is 17.6 Å². The Bertz CT molecular complexity index is 378. The van der Waals surface area contributed by atoms with Gasteiger partial charge in [-0.25, -0.2) is 4.39 Å². The topological polar surface area (TPSA) is 12.0 Å². The molecule has 1 aromatic carbocycles. The van der Waals surface area contributed by atoms with E-state index in [0.29, 0.717) is 12.3 Å². The van der Waals surface area contributed by atoms with Crippen LogP contribution in [0.1, 0.15) is 26.2 Å². The fourth-order valence-corrected chi connectivity index (χ4v) is 2.67. The molecule has 1 N–H and O–H groups in total. The number of thioether (sulfide) groups is 1. The van der Waals surface area contributed by atoms with E-state index < -0.39 is 12.6 Å². The monoisotopic (exact) mass is 309 g/mol. The van der Waals surface area contributed by atoms with Gasteiger partial charge >= 0.3 is 6.18 Å². The van der Waals surface area contributed by atoms with Gasteiger partial charge in [0.05, 0.1) is 0 Å². The normalized spacial score (nSPS) is 13.4. The highest BCUT2D eigenvalue weighted by molar-refractivity contribution is 7.99. The number of hydrogen-bond acceptors (Lipinski definition) is 2. The average Bonchev–Trinajstić information content (AvgIpc) is 2.38. The van der Waals surface area contributed by atoms with Crippen LogP contribution in [0.4, 0.5) is 17.6 Å². The fraction of sp³-hybridized carbons (Fsp3) is 0.571. The predicted octanol–water partition coefficient (Wildman–Crippen LogP) is 4.63. The number of rotatable bonds is 8. The molecule has 0 saturated heterocycles. The molecule has 0 aliphatic heterocycles. The van der Waals surface area contributed by atoms with Gasteiger partial charge in [0.1, 0.15) is 5.82 Å². The van der Waals surface area contributed by atoms with Gasteiger partial charge in [-0.1, -0.05) is 6.92 Å². The highest BCUT2D eigenvalue weighted by Gasteiger charge is 2.28. The summed E-state index contributed by atoms with van der Waals surface area (Å²) >= 11 is 1.44. The smallest absolute Gasteiger partial charge is 0.313 e. The minimum Gasteiger partial charge on any atom is -0.313 e. The second kappa shape index (κ2) is 8.52. The molecule has 0 fully saturated rings. The van der Waals surface area contributed by atoms with Gasteiger partial charge in [-0.3, -0.25) is 0 Å². The molecule has 0 saturated carbocycles. The summed E-state index contributed by atoms with van der Waals surface area (Å²) in [7, 11) is 0. The SMILES string of the molecule is CCCNC(CCC(F)(F)F)CSc1ccc(F)cc1. The molecule has 0 aliphatic carbocycles. The molecule has 0 spiro atoms. The van der Waals surface area contributed by atoms with E-state index >= 15 is 0 Å². The zero-order valence-corrected chi connectivity index (χ0v) is 12.2. The maximum atomic E-state index is 12.8. The molecule has 1 aromatic rings. The van der Waals surface area contributed by atoms with E-state index in [9.17, 15) is 17.6 Å². The van der Waals surface area contributed by atoms with Crippen LogP contribution in [-0.2, 0) is 0 Å². The van der Waals surface area contributed by atoms with Crippen molar-refractivity contribution in [2.75, 3.05) is 12.3 Å². The summed E-state index contributed by atoms with van der Waals surface area (Å²) in [5.74, 6) is 0.230. The third-order valence-electron chi connectivity index (χ3n) is 2.72. The van der Waals surface area contributed by atoms with Crippen molar-refractivity contribution in [2.24, 2.45) is 0 Å². The lowest BCUT2D eigenvalue weighted by Gasteiger charge is -2.19. The first kappa shape index (κ1) is 17.3. The lowest BCUT2D eigenvalue weighted by molar-refractivity contribution is -0.136. The van der Waals surface area contributed by atoms with E-state index in [1.165, 1.54) is 23.9 Å². The third-order valence-corrected chi connectivity index (χ3v) is 3.90. The highest BCUT2D eigenvalue weighted by atomic mass is 32.2. The molecule has 0 bridgehead atoms. The highest BCUT2D eigenvalue weighted by Crippen LogP contribution is 2.25. The van der Waals surface area contributed by atoms with Gasteiger partial charge in [0.2, 0.25) is 0 Å². The quantitative estimate of drug-likeness (QED) is 0.555. The Morgan fingerprint density at radius 2 is 1.85 bits per heavy atom. The molecule has 1 atom stereocenters. The summed E-state index contributed by atoms with van der Waals surface area (Å²) < 4.78 is 49.6. The number of alkyl halides is 3. The zero-order valence-electron chi connectivity index (χ0n) is 11.3. The third kappa shape index (κ3) is 7.75. The van der Waals surface area contributed by atoms with Crippen molar-refractivity contribution in [2.45, 2.75) is 43.3 Å². The van der Waals surface area contributed by atoms with Crippen LogP contribution < -0.4 is 5.32 Å². The Morgan fingerprint density at radius 1 is 1.20 bits per heavy atom. The summed E-state index contributed by atoms with van der Waals surface area (Å²) in [5, 5.41) is 3.13. The molecule has 0 aromatic heterocycles. The molecule has 1 nitrogen and oxygen atoms in total. The Balaban J connectivity index is 2.44. The van der Waals surface area contributed by atoms with Gasteiger partial charge in [-0.05, 0) is 43.7 Å². The first-order chi connectivity index (χ1) is 9.40. The molecule has 0 radical (unpaired) electrons. The van der Waals surface area contributed by atoms with Crippen LogP contribution in [0.15, 0.2) is 29.2 Å². The van der Waals surface area contributed by atoms with E-state index in [1.807, 2.05) is 6.92 Å². The molecule has 6 heteroatoms. The lowest BCUT2D eigenvalue weighted by Crippen LogP contribution is -2.33. The van der Waals surface area contributed by atoms with E-state index in [2.05, 4.69) is 5.32 Å². The summed E-state index contributed by atoms with van der Waals surface area (Å²) in [6.45, 7) is 2.67. The Labute approximate surface area is 121 Å². The summed E-state index contributed by atoms with van der Waals surface area (Å²) in [5.41, 5.74) is 0. The van der Waals surface area contributed by atoms with Crippen LogP contribution in [0, 0.1) is 5.82 Å². The largest absolute Gasteiger partial charge is 0.389 e. The van der Waals surface area contributed by atoms with Crippen molar-refractivity contribution in [1.29, 1.82) is 0 Å². The van der Waals surface area contributed by atoms with Crippen molar-refractivity contribution in [3.63, 3.8) is 0 Å². The van der Waals surface area contributed by atoms with Crippen LogP contribution in [-0.4, -0.2) is 24.5 Å². The molecule has 1 unspecified atom stereocenters. The van der Waals surface area contributed by atoms with Crippen LogP contribution in [0.5, 0.6) is 0 Å². The van der Waals surface area contributed by atoms with E-state index in [1.54, 1.807) is 12.1 Å². The first-order valence-corrected chi connectivity index (χ1v) is 7.58. The van der Waals surface area contributed by atoms with Crippen molar-refractivity contribution >= 4 is 11.8 Å². The lowest BCUT2D eigenvalue weighted by atomic mass is 10.2. The summed E-state index contributed by atoms with van der Waals surface area (Å²) in [6, 6.07) is 5.80. The predicted molar refractivity (Wildman–Crippen MR) is 74.5 cm³/mol. The molecular weight excluding hydrogens is 290 g/mol.